The molecule has 0 aromatic rings. The summed E-state index contributed by atoms with van der Waals surface area (Å²) in [6.45, 7) is 11.8. The van der Waals surface area contributed by atoms with E-state index in [0.717, 1.165) is 12.0 Å². The van der Waals surface area contributed by atoms with Crippen LogP contribution in [0.5, 0.6) is 0 Å². The molecular formula is C10H22N2. The van der Waals surface area contributed by atoms with Crippen LogP contribution in [0.4, 0.5) is 0 Å². The lowest BCUT2D eigenvalue weighted by Crippen LogP contribution is -2.49. The summed E-state index contributed by atoms with van der Waals surface area (Å²) < 4.78 is 0. The van der Waals surface area contributed by atoms with Crippen molar-refractivity contribution in [1.82, 2.24) is 10.2 Å². The molecule has 0 radical (unpaired) electrons. The Morgan fingerprint density at radius 2 is 1.83 bits per heavy atom. The minimum Gasteiger partial charge on any atom is -0.314 e. The van der Waals surface area contributed by atoms with Gasteiger partial charge >= 0.3 is 0 Å². The van der Waals surface area contributed by atoms with E-state index in [4.69, 9.17) is 0 Å². The van der Waals surface area contributed by atoms with Crippen molar-refractivity contribution < 1.29 is 0 Å². The average molecular weight is 170 g/mol. The zero-order chi connectivity index (χ0) is 8.97. The van der Waals surface area contributed by atoms with Crippen molar-refractivity contribution in [3.05, 3.63) is 0 Å². The number of piperazine rings is 1. The Bertz CT molecular complexity index is 119. The summed E-state index contributed by atoms with van der Waals surface area (Å²) in [6.07, 6.45) is 1.30. The van der Waals surface area contributed by atoms with Gasteiger partial charge in [0.25, 0.3) is 0 Å². The van der Waals surface area contributed by atoms with Gasteiger partial charge in [-0.2, -0.15) is 0 Å². The van der Waals surface area contributed by atoms with Crippen molar-refractivity contribution in [2.75, 3.05) is 26.2 Å². The smallest absolute Gasteiger partial charge is 0.0110 e. The standard InChI is InChI=1S/C10H22N2/c1-4-9(2)10(3)12-7-5-11-6-8-12/h9-11H,4-8H2,1-3H3. The lowest BCUT2D eigenvalue weighted by atomic mass is 9.99. The molecule has 1 saturated heterocycles. The molecular weight excluding hydrogens is 148 g/mol. The predicted molar refractivity (Wildman–Crippen MR) is 53.4 cm³/mol. The van der Waals surface area contributed by atoms with Crippen LogP contribution in [0.2, 0.25) is 0 Å². The highest BCUT2D eigenvalue weighted by Gasteiger charge is 2.19. The van der Waals surface area contributed by atoms with Gasteiger partial charge < -0.3 is 5.32 Å². The number of nitrogens with zero attached hydrogens (tertiary/aromatic N) is 1. The number of nitrogens with one attached hydrogen (secondary N) is 1. The van der Waals surface area contributed by atoms with Gasteiger partial charge in [-0.05, 0) is 12.8 Å². The van der Waals surface area contributed by atoms with Crippen LogP contribution in [0.1, 0.15) is 27.2 Å². The first-order chi connectivity index (χ1) is 5.75. The maximum Gasteiger partial charge on any atom is 0.0110 e. The molecule has 1 heterocycles. The van der Waals surface area contributed by atoms with Crippen LogP contribution >= 0.6 is 0 Å². The second kappa shape index (κ2) is 4.83. The summed E-state index contributed by atoms with van der Waals surface area (Å²) in [5.74, 6) is 0.836. The van der Waals surface area contributed by atoms with Crippen molar-refractivity contribution in [3.63, 3.8) is 0 Å². The molecule has 1 aliphatic heterocycles. The minimum absolute atomic E-state index is 0.761. The van der Waals surface area contributed by atoms with E-state index in [0.29, 0.717) is 0 Å². The number of hydrogen-bond acceptors (Lipinski definition) is 2. The van der Waals surface area contributed by atoms with Gasteiger partial charge in [0.05, 0.1) is 0 Å². The Kier molecular flexibility index (Phi) is 4.02. The van der Waals surface area contributed by atoms with E-state index in [2.05, 4.69) is 31.0 Å². The van der Waals surface area contributed by atoms with Gasteiger partial charge in [0, 0.05) is 32.2 Å². The Morgan fingerprint density at radius 1 is 1.25 bits per heavy atom. The van der Waals surface area contributed by atoms with Crippen LogP contribution < -0.4 is 5.32 Å². The predicted octanol–water partition coefficient (Wildman–Crippen LogP) is 1.33. The summed E-state index contributed by atoms with van der Waals surface area (Å²) in [5, 5.41) is 3.38. The highest BCUT2D eigenvalue weighted by molar-refractivity contribution is 4.76. The summed E-state index contributed by atoms with van der Waals surface area (Å²) in [6, 6.07) is 0.761. The Morgan fingerprint density at radius 3 is 2.33 bits per heavy atom. The minimum atomic E-state index is 0.761. The van der Waals surface area contributed by atoms with Gasteiger partial charge in [0.2, 0.25) is 0 Å². The molecule has 0 aromatic heterocycles. The molecule has 2 heteroatoms. The normalized spacial score (nSPS) is 25.2. The maximum atomic E-state index is 3.38. The molecule has 1 fully saturated rings. The largest absolute Gasteiger partial charge is 0.314 e. The molecule has 0 saturated carbocycles. The monoisotopic (exact) mass is 170 g/mol. The molecule has 12 heavy (non-hydrogen) atoms. The highest BCUT2D eigenvalue weighted by Crippen LogP contribution is 2.14. The molecule has 0 amide bonds. The van der Waals surface area contributed by atoms with Crippen LogP contribution in [0.3, 0.4) is 0 Å². The lowest BCUT2D eigenvalue weighted by molar-refractivity contribution is 0.141. The SMILES string of the molecule is CCC(C)C(C)N1CCNCC1. The molecule has 1 rings (SSSR count). The second-order valence-corrected chi connectivity index (χ2v) is 3.91. The topological polar surface area (TPSA) is 15.3 Å². The van der Waals surface area contributed by atoms with Gasteiger partial charge in [0.15, 0.2) is 0 Å². The van der Waals surface area contributed by atoms with E-state index in [1.165, 1.54) is 32.6 Å². The number of rotatable bonds is 3. The summed E-state index contributed by atoms with van der Waals surface area (Å²) >= 11 is 0. The first kappa shape index (κ1) is 10.0. The maximum absolute atomic E-state index is 3.38. The van der Waals surface area contributed by atoms with Crippen LogP contribution in [0.15, 0.2) is 0 Å². The van der Waals surface area contributed by atoms with Gasteiger partial charge in [-0.1, -0.05) is 20.3 Å². The second-order valence-electron chi connectivity index (χ2n) is 3.91. The average Bonchev–Trinajstić information content (AvgIpc) is 2.17. The molecule has 0 bridgehead atoms. The van der Waals surface area contributed by atoms with E-state index >= 15 is 0 Å². The fourth-order valence-electron chi connectivity index (χ4n) is 1.79. The Hall–Kier alpha value is -0.0800. The van der Waals surface area contributed by atoms with Gasteiger partial charge in [-0.15, -0.1) is 0 Å². The summed E-state index contributed by atoms with van der Waals surface area (Å²) in [4.78, 5) is 2.60. The Balaban J connectivity index is 2.33. The van der Waals surface area contributed by atoms with Crippen LogP contribution in [-0.2, 0) is 0 Å². The van der Waals surface area contributed by atoms with Crippen LogP contribution in [0.25, 0.3) is 0 Å². The zero-order valence-corrected chi connectivity index (χ0v) is 8.64. The van der Waals surface area contributed by atoms with Crippen molar-refractivity contribution in [2.24, 2.45) is 5.92 Å². The molecule has 0 aromatic carbocycles. The van der Waals surface area contributed by atoms with Crippen molar-refractivity contribution in [1.29, 1.82) is 0 Å². The van der Waals surface area contributed by atoms with Crippen LogP contribution in [-0.4, -0.2) is 37.1 Å². The molecule has 1 N–H and O–H groups in total. The van der Waals surface area contributed by atoms with Crippen molar-refractivity contribution >= 4 is 0 Å². The fraction of sp³-hybridized carbons (Fsp3) is 1.00. The van der Waals surface area contributed by atoms with Crippen molar-refractivity contribution in [2.45, 2.75) is 33.2 Å². The van der Waals surface area contributed by atoms with Gasteiger partial charge in [0.1, 0.15) is 0 Å². The third-order valence-electron chi connectivity index (χ3n) is 3.20. The molecule has 1 aliphatic rings. The summed E-state index contributed by atoms with van der Waals surface area (Å²) in [5.41, 5.74) is 0. The van der Waals surface area contributed by atoms with E-state index in [1.807, 2.05) is 0 Å². The lowest BCUT2D eigenvalue weighted by Gasteiger charge is -2.35. The molecule has 2 unspecified atom stereocenters. The summed E-state index contributed by atoms with van der Waals surface area (Å²) in [7, 11) is 0. The quantitative estimate of drug-likeness (QED) is 0.687. The third kappa shape index (κ3) is 2.46. The number of hydrogen-bond donors (Lipinski definition) is 1. The molecule has 0 aliphatic carbocycles. The molecule has 0 spiro atoms. The highest BCUT2D eigenvalue weighted by atomic mass is 15.2. The van der Waals surface area contributed by atoms with E-state index < -0.39 is 0 Å². The third-order valence-corrected chi connectivity index (χ3v) is 3.20. The van der Waals surface area contributed by atoms with Crippen LogP contribution in [0, 0.1) is 5.92 Å². The molecule has 2 nitrogen and oxygen atoms in total. The van der Waals surface area contributed by atoms with Crippen molar-refractivity contribution in [3.8, 4) is 0 Å². The molecule has 72 valence electrons. The van der Waals surface area contributed by atoms with Gasteiger partial charge in [-0.25, -0.2) is 0 Å². The fourth-order valence-corrected chi connectivity index (χ4v) is 1.79. The van der Waals surface area contributed by atoms with Gasteiger partial charge in [-0.3, -0.25) is 4.90 Å². The first-order valence-electron chi connectivity index (χ1n) is 5.20. The van der Waals surface area contributed by atoms with E-state index in [-0.39, 0.29) is 0 Å². The van der Waals surface area contributed by atoms with E-state index in [9.17, 15) is 0 Å². The molecule has 2 atom stereocenters. The first-order valence-corrected chi connectivity index (χ1v) is 5.20. The Labute approximate surface area is 76.3 Å². The van der Waals surface area contributed by atoms with E-state index in [1.54, 1.807) is 0 Å². The zero-order valence-electron chi connectivity index (χ0n) is 8.64.